The minimum atomic E-state index is -0.459. The maximum absolute atomic E-state index is 13.0. The number of rotatable bonds is 3. The van der Waals surface area contributed by atoms with Crippen LogP contribution in [0.3, 0.4) is 0 Å². The molecule has 2 rings (SSSR count). The van der Waals surface area contributed by atoms with Gasteiger partial charge in [-0.3, -0.25) is 4.79 Å². The van der Waals surface area contributed by atoms with Crippen LogP contribution in [-0.2, 0) is 0 Å². The van der Waals surface area contributed by atoms with E-state index in [2.05, 4.69) is 21.2 Å². The molecule has 104 valence electrons. The fourth-order valence-corrected chi connectivity index (χ4v) is 2.29. The number of amides is 1. The molecule has 0 aliphatic heterocycles. The number of benzene rings is 2. The molecular formula is C15H14BrFN2O. The van der Waals surface area contributed by atoms with Crippen LogP contribution in [0, 0.1) is 5.82 Å². The lowest BCUT2D eigenvalue weighted by Crippen LogP contribution is -2.27. The van der Waals surface area contributed by atoms with Crippen molar-refractivity contribution in [1.29, 1.82) is 0 Å². The van der Waals surface area contributed by atoms with Crippen molar-refractivity contribution in [3.63, 3.8) is 0 Å². The lowest BCUT2D eigenvalue weighted by Gasteiger charge is -2.15. The molecule has 0 saturated heterocycles. The van der Waals surface area contributed by atoms with E-state index >= 15 is 0 Å². The smallest absolute Gasteiger partial charge is 0.253 e. The Kier molecular flexibility index (Phi) is 4.39. The fourth-order valence-electron chi connectivity index (χ4n) is 1.87. The molecule has 0 unspecified atom stereocenters. The van der Waals surface area contributed by atoms with E-state index in [9.17, 15) is 9.18 Å². The minimum absolute atomic E-state index is 0.129. The van der Waals surface area contributed by atoms with Gasteiger partial charge in [0.2, 0.25) is 0 Å². The van der Waals surface area contributed by atoms with Crippen molar-refractivity contribution in [3.05, 3.63) is 63.9 Å². The van der Waals surface area contributed by atoms with Crippen LogP contribution in [0.25, 0.3) is 0 Å². The highest BCUT2D eigenvalue weighted by Crippen LogP contribution is 2.19. The Hall–Kier alpha value is -1.88. The maximum atomic E-state index is 13.0. The molecule has 3 nitrogen and oxygen atoms in total. The second-order valence-electron chi connectivity index (χ2n) is 4.48. The third-order valence-electron chi connectivity index (χ3n) is 2.95. The van der Waals surface area contributed by atoms with Crippen LogP contribution in [0.1, 0.15) is 28.9 Å². The highest BCUT2D eigenvalue weighted by molar-refractivity contribution is 9.10. The maximum Gasteiger partial charge on any atom is 0.253 e. The van der Waals surface area contributed by atoms with Crippen LogP contribution in [-0.4, -0.2) is 5.91 Å². The quantitative estimate of drug-likeness (QED) is 0.840. The zero-order valence-electron chi connectivity index (χ0n) is 10.9. The van der Waals surface area contributed by atoms with Gasteiger partial charge in [-0.2, -0.15) is 0 Å². The van der Waals surface area contributed by atoms with Gasteiger partial charge < -0.3 is 11.1 Å². The van der Waals surface area contributed by atoms with E-state index in [0.717, 1.165) is 16.1 Å². The molecule has 0 heterocycles. The fraction of sp³-hybridized carbons (Fsp3) is 0.133. The first-order valence-corrected chi connectivity index (χ1v) is 6.88. The molecule has 0 spiro atoms. The molecule has 0 aliphatic rings. The van der Waals surface area contributed by atoms with Gasteiger partial charge in [-0.05, 0) is 42.8 Å². The summed E-state index contributed by atoms with van der Waals surface area (Å²) in [5, 5.41) is 2.84. The van der Waals surface area contributed by atoms with E-state index < -0.39 is 5.82 Å². The van der Waals surface area contributed by atoms with Gasteiger partial charge in [0.1, 0.15) is 5.82 Å². The number of nitrogen functional groups attached to an aromatic ring is 1. The summed E-state index contributed by atoms with van der Waals surface area (Å²) in [5.74, 6) is -0.783. The molecule has 20 heavy (non-hydrogen) atoms. The first-order chi connectivity index (χ1) is 9.47. The Morgan fingerprint density at radius 2 is 2.05 bits per heavy atom. The van der Waals surface area contributed by atoms with Crippen LogP contribution >= 0.6 is 15.9 Å². The van der Waals surface area contributed by atoms with E-state index in [1.807, 2.05) is 31.2 Å². The number of carbonyl (C=O) groups is 1. The Labute approximate surface area is 125 Å². The van der Waals surface area contributed by atoms with E-state index in [1.54, 1.807) is 0 Å². The van der Waals surface area contributed by atoms with Gasteiger partial charge in [0.05, 0.1) is 11.6 Å². The molecule has 0 bridgehead atoms. The zero-order valence-corrected chi connectivity index (χ0v) is 12.4. The van der Waals surface area contributed by atoms with Gasteiger partial charge in [-0.1, -0.05) is 28.1 Å². The van der Waals surface area contributed by atoms with Crippen molar-refractivity contribution in [1.82, 2.24) is 5.32 Å². The molecule has 0 saturated carbocycles. The van der Waals surface area contributed by atoms with Crippen molar-refractivity contribution >= 4 is 27.5 Å². The summed E-state index contributed by atoms with van der Waals surface area (Å²) >= 11 is 3.39. The Morgan fingerprint density at radius 3 is 2.70 bits per heavy atom. The summed E-state index contributed by atoms with van der Waals surface area (Å²) in [7, 11) is 0. The monoisotopic (exact) mass is 336 g/mol. The number of nitrogens with two attached hydrogens (primary N) is 1. The molecule has 0 fully saturated rings. The second kappa shape index (κ2) is 6.05. The highest BCUT2D eigenvalue weighted by Gasteiger charge is 2.14. The number of halogens is 2. The van der Waals surface area contributed by atoms with E-state index in [1.165, 1.54) is 12.1 Å². The zero-order chi connectivity index (χ0) is 14.7. The molecule has 2 aromatic rings. The van der Waals surface area contributed by atoms with Gasteiger partial charge >= 0.3 is 0 Å². The van der Waals surface area contributed by atoms with E-state index in [-0.39, 0.29) is 23.2 Å². The number of nitrogens with one attached hydrogen (secondary N) is 1. The summed E-state index contributed by atoms with van der Waals surface area (Å²) < 4.78 is 13.9. The van der Waals surface area contributed by atoms with Crippen LogP contribution in [0.5, 0.6) is 0 Å². The lowest BCUT2D eigenvalue weighted by atomic mass is 10.1. The van der Waals surface area contributed by atoms with Crippen molar-refractivity contribution in [2.75, 3.05) is 5.73 Å². The number of hydrogen-bond donors (Lipinski definition) is 2. The van der Waals surface area contributed by atoms with E-state index in [4.69, 9.17) is 5.73 Å². The Morgan fingerprint density at radius 1 is 1.30 bits per heavy atom. The summed E-state index contributed by atoms with van der Waals surface area (Å²) in [4.78, 5) is 12.1. The molecular weight excluding hydrogens is 323 g/mol. The minimum Gasteiger partial charge on any atom is -0.398 e. The molecule has 2 aromatic carbocycles. The lowest BCUT2D eigenvalue weighted by molar-refractivity contribution is 0.0941. The molecule has 5 heteroatoms. The van der Waals surface area contributed by atoms with Gasteiger partial charge in [-0.15, -0.1) is 0 Å². The van der Waals surface area contributed by atoms with Gasteiger partial charge in [0.15, 0.2) is 0 Å². The molecule has 0 radical (unpaired) electrons. The second-order valence-corrected chi connectivity index (χ2v) is 5.40. The van der Waals surface area contributed by atoms with Crippen LogP contribution in [0.15, 0.2) is 46.9 Å². The molecule has 1 amide bonds. The Balaban J connectivity index is 2.15. The standard InChI is InChI=1S/C15H14BrFN2O/c1-9(10-3-2-4-11(16)7-10)19-15(20)13-6-5-12(17)8-14(13)18/h2-9H,18H2,1H3,(H,19,20)/t9-/m1/s1. The first-order valence-electron chi connectivity index (χ1n) is 6.08. The molecule has 3 N–H and O–H groups in total. The predicted molar refractivity (Wildman–Crippen MR) is 80.8 cm³/mol. The number of hydrogen-bond acceptors (Lipinski definition) is 2. The van der Waals surface area contributed by atoms with Gasteiger partial charge in [0, 0.05) is 10.2 Å². The normalized spacial score (nSPS) is 11.9. The molecule has 0 aromatic heterocycles. The van der Waals surface area contributed by atoms with Gasteiger partial charge in [0.25, 0.3) is 5.91 Å². The SMILES string of the molecule is C[C@@H](NC(=O)c1ccc(F)cc1N)c1cccc(Br)c1. The summed E-state index contributed by atoms with van der Waals surface area (Å²) in [6, 6.07) is 11.2. The first kappa shape index (κ1) is 14.5. The molecule has 0 aliphatic carbocycles. The van der Waals surface area contributed by atoms with Crippen LogP contribution in [0.2, 0.25) is 0 Å². The third kappa shape index (κ3) is 3.36. The Bertz CT molecular complexity index is 646. The largest absolute Gasteiger partial charge is 0.398 e. The number of carbonyl (C=O) groups excluding carboxylic acids is 1. The number of anilines is 1. The van der Waals surface area contributed by atoms with Crippen molar-refractivity contribution in [2.24, 2.45) is 0 Å². The third-order valence-corrected chi connectivity index (χ3v) is 3.45. The summed E-state index contributed by atoms with van der Waals surface area (Å²) in [6.07, 6.45) is 0. The van der Waals surface area contributed by atoms with Gasteiger partial charge in [-0.25, -0.2) is 4.39 Å². The van der Waals surface area contributed by atoms with Crippen molar-refractivity contribution < 1.29 is 9.18 Å². The van der Waals surface area contributed by atoms with Crippen LogP contribution in [0.4, 0.5) is 10.1 Å². The molecule has 1 atom stereocenters. The summed E-state index contributed by atoms with van der Waals surface area (Å²) in [6.45, 7) is 1.87. The average molecular weight is 337 g/mol. The topological polar surface area (TPSA) is 55.1 Å². The van der Waals surface area contributed by atoms with E-state index in [0.29, 0.717) is 0 Å². The summed E-state index contributed by atoms with van der Waals surface area (Å²) in [5.41, 5.74) is 7.02. The van der Waals surface area contributed by atoms with Crippen molar-refractivity contribution in [2.45, 2.75) is 13.0 Å². The van der Waals surface area contributed by atoms with Crippen molar-refractivity contribution in [3.8, 4) is 0 Å². The predicted octanol–water partition coefficient (Wildman–Crippen LogP) is 3.66. The highest BCUT2D eigenvalue weighted by atomic mass is 79.9. The van der Waals surface area contributed by atoms with Crippen LogP contribution < -0.4 is 11.1 Å². The average Bonchev–Trinajstić information content (AvgIpc) is 2.38.